The van der Waals surface area contributed by atoms with E-state index < -0.39 is 11.1 Å². The Hall–Kier alpha value is -1.06. The van der Waals surface area contributed by atoms with E-state index in [9.17, 15) is 9.59 Å². The van der Waals surface area contributed by atoms with Crippen molar-refractivity contribution in [3.8, 4) is 0 Å². The molecule has 0 bridgehead atoms. The fourth-order valence-corrected chi connectivity index (χ4v) is 3.19. The maximum atomic E-state index is 12.4. The van der Waals surface area contributed by atoms with Crippen molar-refractivity contribution in [2.75, 3.05) is 6.54 Å². The second-order valence-electron chi connectivity index (χ2n) is 5.72. The van der Waals surface area contributed by atoms with Crippen molar-refractivity contribution >= 4 is 11.8 Å². The molecule has 2 rings (SSSR count). The number of rotatable bonds is 1. The number of carbonyl (C=O) groups excluding carboxylic acids is 2. The summed E-state index contributed by atoms with van der Waals surface area (Å²) in [5, 5.41) is 2.90. The maximum absolute atomic E-state index is 12.4. The predicted octanol–water partition coefficient (Wildman–Crippen LogP) is 1.45. The smallest absolute Gasteiger partial charge is 0.248 e. The molecule has 1 aliphatic carbocycles. The third kappa shape index (κ3) is 1.74. The lowest BCUT2D eigenvalue weighted by Gasteiger charge is -2.52. The summed E-state index contributed by atoms with van der Waals surface area (Å²) in [4.78, 5) is 26.6. The summed E-state index contributed by atoms with van der Waals surface area (Å²) >= 11 is 0. The molecule has 1 aliphatic heterocycles. The fourth-order valence-electron chi connectivity index (χ4n) is 3.19. The van der Waals surface area contributed by atoms with Crippen LogP contribution in [0.5, 0.6) is 0 Å². The van der Waals surface area contributed by atoms with Crippen molar-refractivity contribution in [1.29, 1.82) is 0 Å². The summed E-state index contributed by atoms with van der Waals surface area (Å²) in [6, 6.07) is 0. The SMILES string of the molecule is CCN1C(=O)C(C)(C)NC(=O)C12CCCCC2. The Morgan fingerprint density at radius 1 is 1.18 bits per heavy atom. The lowest BCUT2D eigenvalue weighted by Crippen LogP contribution is -2.74. The third-order valence-electron chi connectivity index (χ3n) is 4.14. The van der Waals surface area contributed by atoms with Crippen LogP contribution in [0.3, 0.4) is 0 Å². The molecule has 4 nitrogen and oxygen atoms in total. The number of carbonyl (C=O) groups is 2. The van der Waals surface area contributed by atoms with Crippen LogP contribution >= 0.6 is 0 Å². The van der Waals surface area contributed by atoms with Crippen LogP contribution in [0.15, 0.2) is 0 Å². The molecule has 1 saturated heterocycles. The monoisotopic (exact) mass is 238 g/mol. The van der Waals surface area contributed by atoms with Gasteiger partial charge in [-0.05, 0) is 33.6 Å². The molecule has 4 heteroatoms. The average Bonchev–Trinajstić information content (AvgIpc) is 2.29. The summed E-state index contributed by atoms with van der Waals surface area (Å²) in [5.41, 5.74) is -1.31. The lowest BCUT2D eigenvalue weighted by atomic mass is 9.76. The molecule has 1 saturated carbocycles. The summed E-state index contributed by atoms with van der Waals surface area (Å²) in [6.45, 7) is 6.15. The van der Waals surface area contributed by atoms with Crippen LogP contribution in [0.2, 0.25) is 0 Å². The topological polar surface area (TPSA) is 49.4 Å². The molecule has 0 aromatic rings. The summed E-state index contributed by atoms with van der Waals surface area (Å²) in [6.07, 6.45) is 4.88. The molecule has 1 heterocycles. The Morgan fingerprint density at radius 2 is 1.76 bits per heavy atom. The first kappa shape index (κ1) is 12.4. The molecule has 0 aromatic carbocycles. The minimum Gasteiger partial charge on any atom is -0.340 e. The largest absolute Gasteiger partial charge is 0.340 e. The summed E-state index contributed by atoms with van der Waals surface area (Å²) in [7, 11) is 0. The molecule has 1 spiro atoms. The molecule has 96 valence electrons. The Balaban J connectivity index is 2.37. The van der Waals surface area contributed by atoms with Gasteiger partial charge in [0.25, 0.3) is 0 Å². The average molecular weight is 238 g/mol. The highest BCUT2D eigenvalue weighted by Gasteiger charge is 2.54. The minimum absolute atomic E-state index is 0.0450. The predicted molar refractivity (Wildman–Crippen MR) is 65.4 cm³/mol. The normalized spacial score (nSPS) is 27.1. The first-order valence-corrected chi connectivity index (χ1v) is 6.59. The van der Waals surface area contributed by atoms with Gasteiger partial charge < -0.3 is 10.2 Å². The van der Waals surface area contributed by atoms with Crippen molar-refractivity contribution in [1.82, 2.24) is 10.2 Å². The first-order chi connectivity index (χ1) is 7.94. The van der Waals surface area contributed by atoms with E-state index >= 15 is 0 Å². The fraction of sp³-hybridized carbons (Fsp3) is 0.846. The highest BCUT2D eigenvalue weighted by atomic mass is 16.2. The zero-order valence-corrected chi connectivity index (χ0v) is 11.0. The minimum atomic E-state index is -0.754. The molecule has 2 fully saturated rings. The number of hydrogen-bond donors (Lipinski definition) is 1. The van der Waals surface area contributed by atoms with Crippen LogP contribution in [0, 0.1) is 0 Å². The van der Waals surface area contributed by atoms with Crippen LogP contribution in [0.1, 0.15) is 52.9 Å². The Labute approximate surface area is 103 Å². The van der Waals surface area contributed by atoms with Crippen LogP contribution in [0.4, 0.5) is 0 Å². The second kappa shape index (κ2) is 4.00. The lowest BCUT2D eigenvalue weighted by molar-refractivity contribution is -0.163. The van der Waals surface area contributed by atoms with Gasteiger partial charge in [0.15, 0.2) is 0 Å². The van der Waals surface area contributed by atoms with E-state index in [1.165, 1.54) is 6.42 Å². The van der Waals surface area contributed by atoms with Crippen molar-refractivity contribution in [3.05, 3.63) is 0 Å². The van der Waals surface area contributed by atoms with E-state index in [4.69, 9.17) is 0 Å². The van der Waals surface area contributed by atoms with Crippen molar-refractivity contribution in [3.63, 3.8) is 0 Å². The van der Waals surface area contributed by atoms with E-state index in [2.05, 4.69) is 5.32 Å². The molecular weight excluding hydrogens is 216 g/mol. The Kier molecular flexibility index (Phi) is 2.92. The quantitative estimate of drug-likeness (QED) is 0.751. The number of hydrogen-bond acceptors (Lipinski definition) is 2. The molecule has 2 aliphatic rings. The van der Waals surface area contributed by atoms with Gasteiger partial charge in [-0.15, -0.1) is 0 Å². The molecule has 0 radical (unpaired) electrons. The van der Waals surface area contributed by atoms with Crippen molar-refractivity contribution < 1.29 is 9.59 Å². The van der Waals surface area contributed by atoms with Crippen molar-refractivity contribution in [2.24, 2.45) is 0 Å². The van der Waals surface area contributed by atoms with E-state index in [-0.39, 0.29) is 11.8 Å². The van der Waals surface area contributed by atoms with Crippen molar-refractivity contribution in [2.45, 2.75) is 64.0 Å². The Bertz CT molecular complexity index is 343. The van der Waals surface area contributed by atoms with Crippen LogP contribution in [-0.4, -0.2) is 34.3 Å². The Morgan fingerprint density at radius 3 is 2.29 bits per heavy atom. The summed E-state index contributed by atoms with van der Waals surface area (Å²) < 4.78 is 0. The summed E-state index contributed by atoms with van der Waals surface area (Å²) in [5.74, 6) is 0.102. The second-order valence-corrected chi connectivity index (χ2v) is 5.72. The van der Waals surface area contributed by atoms with Gasteiger partial charge >= 0.3 is 0 Å². The van der Waals surface area contributed by atoms with Crippen LogP contribution < -0.4 is 5.32 Å². The van der Waals surface area contributed by atoms with Crippen LogP contribution in [-0.2, 0) is 9.59 Å². The van der Waals surface area contributed by atoms with E-state index in [0.717, 1.165) is 25.7 Å². The van der Waals surface area contributed by atoms with Gasteiger partial charge in [0.05, 0.1) is 0 Å². The van der Waals surface area contributed by atoms with Gasteiger partial charge in [-0.2, -0.15) is 0 Å². The van der Waals surface area contributed by atoms with Gasteiger partial charge in [0, 0.05) is 6.54 Å². The standard InChI is InChI=1S/C13H22N2O2/c1-4-15-11(17)12(2,3)14-10(16)13(15)8-6-5-7-9-13/h4-9H2,1-3H3,(H,14,16). The number of nitrogens with zero attached hydrogens (tertiary/aromatic N) is 1. The van der Waals surface area contributed by atoms with Gasteiger partial charge in [-0.1, -0.05) is 19.3 Å². The highest BCUT2D eigenvalue weighted by Crippen LogP contribution is 2.38. The molecule has 0 aromatic heterocycles. The van der Waals surface area contributed by atoms with Gasteiger partial charge in [-0.3, -0.25) is 9.59 Å². The van der Waals surface area contributed by atoms with E-state index in [0.29, 0.717) is 6.54 Å². The molecule has 0 unspecified atom stereocenters. The molecule has 0 atom stereocenters. The number of likely N-dealkylation sites (N-methyl/N-ethyl adjacent to an activating group) is 1. The number of piperazine rings is 1. The zero-order valence-electron chi connectivity index (χ0n) is 11.0. The van der Waals surface area contributed by atoms with Gasteiger partial charge in [0.2, 0.25) is 11.8 Å². The zero-order chi connectivity index (χ0) is 12.7. The van der Waals surface area contributed by atoms with Gasteiger partial charge in [0.1, 0.15) is 11.1 Å². The highest BCUT2D eigenvalue weighted by molar-refractivity contribution is 6.01. The molecule has 17 heavy (non-hydrogen) atoms. The number of nitrogens with one attached hydrogen (secondary N) is 1. The number of amides is 2. The molecular formula is C13H22N2O2. The first-order valence-electron chi connectivity index (χ1n) is 6.59. The van der Waals surface area contributed by atoms with Gasteiger partial charge in [-0.25, -0.2) is 0 Å². The van der Waals surface area contributed by atoms with E-state index in [1.807, 2.05) is 11.8 Å². The third-order valence-corrected chi connectivity index (χ3v) is 4.14. The maximum Gasteiger partial charge on any atom is 0.248 e. The van der Waals surface area contributed by atoms with E-state index in [1.54, 1.807) is 13.8 Å². The van der Waals surface area contributed by atoms with Crippen LogP contribution in [0.25, 0.3) is 0 Å². The molecule has 1 N–H and O–H groups in total. The molecule has 2 amide bonds.